The third-order valence-corrected chi connectivity index (χ3v) is 8.52. The van der Waals surface area contributed by atoms with Crippen molar-refractivity contribution in [2.45, 2.75) is 84.7 Å². The molecule has 4 aliphatic carbocycles. The summed E-state index contributed by atoms with van der Waals surface area (Å²) in [6, 6.07) is 0. The van der Waals surface area contributed by atoms with Gasteiger partial charge in [-0.15, -0.1) is 0 Å². The van der Waals surface area contributed by atoms with E-state index in [1.54, 1.807) is 0 Å². The summed E-state index contributed by atoms with van der Waals surface area (Å²) in [6.07, 6.45) is 10.2. The number of rotatable bonds is 1. The van der Waals surface area contributed by atoms with Crippen molar-refractivity contribution in [1.82, 2.24) is 0 Å². The second-order valence-electron chi connectivity index (χ2n) is 9.70. The molecule has 134 valence electrons. The first-order valence-electron chi connectivity index (χ1n) is 10.0. The second-order valence-corrected chi connectivity index (χ2v) is 9.70. The van der Waals surface area contributed by atoms with Gasteiger partial charge in [-0.05, 0) is 73.5 Å². The molecular formula is C21H32O3. The van der Waals surface area contributed by atoms with Crippen molar-refractivity contribution in [2.24, 2.45) is 34.5 Å². The van der Waals surface area contributed by atoms with Crippen LogP contribution in [0, 0.1) is 34.5 Å². The molecule has 7 atom stereocenters. The van der Waals surface area contributed by atoms with E-state index >= 15 is 0 Å². The number of ketones is 1. The number of hydrogen-bond acceptors (Lipinski definition) is 3. The van der Waals surface area contributed by atoms with Crippen LogP contribution < -0.4 is 0 Å². The Balaban J connectivity index is 1.59. The van der Waals surface area contributed by atoms with Gasteiger partial charge in [0, 0.05) is 19.3 Å². The summed E-state index contributed by atoms with van der Waals surface area (Å²) in [6.45, 7) is 6.35. The van der Waals surface area contributed by atoms with Crippen molar-refractivity contribution in [1.29, 1.82) is 0 Å². The Morgan fingerprint density at radius 1 is 1.08 bits per heavy atom. The molecule has 0 aromatic carbocycles. The molecule has 4 saturated carbocycles. The summed E-state index contributed by atoms with van der Waals surface area (Å²) in [5.74, 6) is 2.46. The smallest absolute Gasteiger partial charge is 0.302 e. The third-order valence-electron chi connectivity index (χ3n) is 8.52. The molecule has 0 aromatic heterocycles. The molecule has 0 radical (unpaired) electrons. The molecule has 0 heterocycles. The van der Waals surface area contributed by atoms with Gasteiger partial charge in [-0.3, -0.25) is 9.59 Å². The van der Waals surface area contributed by atoms with Crippen molar-refractivity contribution in [3.05, 3.63) is 0 Å². The second kappa shape index (κ2) is 5.57. The molecule has 0 saturated heterocycles. The summed E-state index contributed by atoms with van der Waals surface area (Å²) >= 11 is 0. The van der Waals surface area contributed by atoms with Crippen molar-refractivity contribution in [3.63, 3.8) is 0 Å². The molecule has 0 unspecified atom stereocenters. The van der Waals surface area contributed by atoms with E-state index in [1.165, 1.54) is 39.0 Å². The van der Waals surface area contributed by atoms with E-state index in [1.807, 2.05) is 0 Å². The van der Waals surface area contributed by atoms with Gasteiger partial charge >= 0.3 is 5.97 Å². The van der Waals surface area contributed by atoms with E-state index in [4.69, 9.17) is 4.74 Å². The summed E-state index contributed by atoms with van der Waals surface area (Å²) in [4.78, 5) is 24.4. The molecule has 4 fully saturated rings. The van der Waals surface area contributed by atoms with Gasteiger partial charge in [0.25, 0.3) is 0 Å². The Bertz CT molecular complexity index is 555. The molecule has 0 N–H and O–H groups in total. The lowest BCUT2D eigenvalue weighted by Gasteiger charge is -2.59. The minimum absolute atomic E-state index is 0.0404. The summed E-state index contributed by atoms with van der Waals surface area (Å²) in [7, 11) is 0. The van der Waals surface area contributed by atoms with Gasteiger partial charge in [-0.1, -0.05) is 20.3 Å². The van der Waals surface area contributed by atoms with E-state index in [-0.39, 0.29) is 23.4 Å². The van der Waals surface area contributed by atoms with E-state index in [9.17, 15) is 9.59 Å². The van der Waals surface area contributed by atoms with Crippen LogP contribution in [-0.2, 0) is 14.3 Å². The zero-order valence-electron chi connectivity index (χ0n) is 15.5. The fourth-order valence-corrected chi connectivity index (χ4v) is 7.34. The number of carbonyl (C=O) groups excluding carboxylic acids is 2. The first-order chi connectivity index (χ1) is 11.3. The van der Waals surface area contributed by atoms with E-state index in [0.29, 0.717) is 23.0 Å². The van der Waals surface area contributed by atoms with Crippen LogP contribution in [0.4, 0.5) is 0 Å². The summed E-state index contributed by atoms with van der Waals surface area (Å²) < 4.78 is 5.46. The average molecular weight is 332 g/mol. The predicted octanol–water partition coefficient (Wildman–Crippen LogP) is 4.53. The van der Waals surface area contributed by atoms with Crippen LogP contribution in [-0.4, -0.2) is 17.9 Å². The van der Waals surface area contributed by atoms with Gasteiger partial charge in [-0.2, -0.15) is 0 Å². The van der Waals surface area contributed by atoms with Gasteiger partial charge in [0.1, 0.15) is 11.9 Å². The Morgan fingerprint density at radius 2 is 1.88 bits per heavy atom. The summed E-state index contributed by atoms with van der Waals surface area (Å²) in [5.41, 5.74) is 0.639. The Morgan fingerprint density at radius 3 is 2.62 bits per heavy atom. The van der Waals surface area contributed by atoms with Gasteiger partial charge < -0.3 is 4.74 Å². The highest BCUT2D eigenvalue weighted by atomic mass is 16.5. The predicted molar refractivity (Wildman–Crippen MR) is 92.3 cm³/mol. The lowest BCUT2D eigenvalue weighted by atomic mass is 9.45. The van der Waals surface area contributed by atoms with E-state index < -0.39 is 0 Å². The zero-order chi connectivity index (χ0) is 17.1. The molecule has 4 rings (SSSR count). The zero-order valence-corrected chi connectivity index (χ0v) is 15.5. The fraction of sp³-hybridized carbons (Fsp3) is 0.905. The third kappa shape index (κ3) is 2.37. The standard InChI is InChI=1S/C21H32O3/c1-13(22)24-14-6-10-21(3)17-7-9-20(2)8-4-5-16(20)15(17)12-19(23)18(21)11-14/h14-18H,4-12H2,1-3H3/t14-,15-,16-,17-,18-,20+,21-/m1/s1. The molecule has 0 aromatic rings. The fourth-order valence-electron chi connectivity index (χ4n) is 7.34. The van der Waals surface area contributed by atoms with Crippen LogP contribution in [0.2, 0.25) is 0 Å². The van der Waals surface area contributed by atoms with Gasteiger partial charge in [0.15, 0.2) is 0 Å². The van der Waals surface area contributed by atoms with Crippen molar-refractivity contribution < 1.29 is 14.3 Å². The molecule has 24 heavy (non-hydrogen) atoms. The number of esters is 1. The molecule has 0 amide bonds. The molecule has 0 spiro atoms. The monoisotopic (exact) mass is 332 g/mol. The quantitative estimate of drug-likeness (QED) is 0.663. The van der Waals surface area contributed by atoms with Gasteiger partial charge in [0.2, 0.25) is 0 Å². The number of hydrogen-bond donors (Lipinski definition) is 0. The van der Waals surface area contributed by atoms with Crippen LogP contribution in [0.5, 0.6) is 0 Å². The molecule has 0 bridgehead atoms. The first kappa shape index (κ1) is 16.6. The maximum atomic E-state index is 13.1. The van der Waals surface area contributed by atoms with Gasteiger partial charge in [-0.25, -0.2) is 0 Å². The molecule has 4 aliphatic rings. The number of carbonyl (C=O) groups is 2. The van der Waals surface area contributed by atoms with E-state index in [2.05, 4.69) is 13.8 Å². The van der Waals surface area contributed by atoms with Crippen LogP contribution in [0.15, 0.2) is 0 Å². The lowest BCUT2D eigenvalue weighted by Crippen LogP contribution is -2.56. The van der Waals surface area contributed by atoms with Gasteiger partial charge in [0.05, 0.1) is 0 Å². The van der Waals surface area contributed by atoms with Crippen LogP contribution in [0.3, 0.4) is 0 Å². The maximum absolute atomic E-state index is 13.1. The van der Waals surface area contributed by atoms with Crippen molar-refractivity contribution >= 4 is 11.8 Å². The minimum Gasteiger partial charge on any atom is -0.463 e. The first-order valence-corrected chi connectivity index (χ1v) is 10.0. The normalized spacial score (nSPS) is 50.6. The molecule has 3 heteroatoms. The Kier molecular flexibility index (Phi) is 3.85. The topological polar surface area (TPSA) is 43.4 Å². The van der Waals surface area contributed by atoms with Crippen molar-refractivity contribution in [3.8, 4) is 0 Å². The molecule has 3 nitrogen and oxygen atoms in total. The lowest BCUT2D eigenvalue weighted by molar-refractivity contribution is -0.167. The van der Waals surface area contributed by atoms with Crippen molar-refractivity contribution in [2.75, 3.05) is 0 Å². The van der Waals surface area contributed by atoms with Crippen LogP contribution >= 0.6 is 0 Å². The summed E-state index contributed by atoms with van der Waals surface area (Å²) in [5, 5.41) is 0. The average Bonchev–Trinajstić information content (AvgIpc) is 2.90. The van der Waals surface area contributed by atoms with Crippen LogP contribution in [0.25, 0.3) is 0 Å². The number of Topliss-reactive ketones (excluding diaryl/α,β-unsaturated/α-hetero) is 1. The molecule has 0 aliphatic heterocycles. The highest BCUT2D eigenvalue weighted by Crippen LogP contribution is 2.65. The minimum atomic E-state index is -0.205. The highest BCUT2D eigenvalue weighted by Gasteiger charge is 2.60. The Labute approximate surface area is 145 Å². The van der Waals surface area contributed by atoms with E-state index in [0.717, 1.165) is 31.6 Å². The van der Waals surface area contributed by atoms with Crippen LogP contribution in [0.1, 0.15) is 78.6 Å². The molecular weight excluding hydrogens is 300 g/mol. The Hall–Kier alpha value is -0.860. The maximum Gasteiger partial charge on any atom is 0.302 e. The largest absolute Gasteiger partial charge is 0.463 e. The number of ether oxygens (including phenoxy) is 1. The number of fused-ring (bicyclic) bond motifs is 5. The highest BCUT2D eigenvalue weighted by molar-refractivity contribution is 5.83. The SMILES string of the molecule is CC(=O)O[C@@H]1CC[C@@]2(C)[C@H](C1)C(=O)C[C@@H]1[C@H]3CCC[C@@]3(C)CC[C@H]12.